The zero-order chi connectivity index (χ0) is 11.4. The van der Waals surface area contributed by atoms with Gasteiger partial charge >= 0.3 is 5.97 Å². The van der Waals surface area contributed by atoms with E-state index in [0.29, 0.717) is 16.2 Å². The Kier molecular flexibility index (Phi) is 3.52. The van der Waals surface area contributed by atoms with Crippen molar-refractivity contribution in [1.29, 1.82) is 0 Å². The average Bonchev–Trinajstić information content (AvgIpc) is 2.90. The Morgan fingerprint density at radius 2 is 2.56 bits per heavy atom. The van der Waals surface area contributed by atoms with E-state index in [4.69, 9.17) is 9.15 Å². The maximum absolute atomic E-state index is 11.3. The number of carbonyl (C=O) groups is 1. The van der Waals surface area contributed by atoms with E-state index in [0.717, 1.165) is 0 Å². The predicted octanol–water partition coefficient (Wildman–Crippen LogP) is 1.85. The molecule has 8 heteroatoms. The number of aromatic nitrogens is 3. The van der Waals surface area contributed by atoms with Gasteiger partial charge in [-0.1, -0.05) is 0 Å². The van der Waals surface area contributed by atoms with Crippen molar-refractivity contribution in [2.45, 2.75) is 16.5 Å². The number of rotatable bonds is 4. The van der Waals surface area contributed by atoms with Crippen molar-refractivity contribution in [3.8, 4) is 0 Å². The SMILES string of the molecule is CCOC(=O)c1coc(Sc2ncns2)n1. The summed E-state index contributed by atoms with van der Waals surface area (Å²) < 4.78 is 14.4. The van der Waals surface area contributed by atoms with Crippen molar-refractivity contribution in [2.75, 3.05) is 6.61 Å². The topological polar surface area (TPSA) is 78.1 Å². The van der Waals surface area contributed by atoms with Crippen molar-refractivity contribution in [3.63, 3.8) is 0 Å². The summed E-state index contributed by atoms with van der Waals surface area (Å²) in [6.45, 7) is 2.04. The first-order valence-corrected chi connectivity index (χ1v) is 5.95. The fraction of sp³-hybridized carbons (Fsp3) is 0.250. The van der Waals surface area contributed by atoms with E-state index in [1.54, 1.807) is 6.92 Å². The third-order valence-corrected chi connectivity index (χ3v) is 3.06. The first kappa shape index (κ1) is 11.1. The minimum atomic E-state index is -0.490. The van der Waals surface area contributed by atoms with Crippen molar-refractivity contribution in [3.05, 3.63) is 18.3 Å². The highest BCUT2D eigenvalue weighted by atomic mass is 32.2. The van der Waals surface area contributed by atoms with Crippen LogP contribution in [-0.4, -0.2) is 26.9 Å². The number of hydrogen-bond acceptors (Lipinski definition) is 8. The van der Waals surface area contributed by atoms with Gasteiger partial charge in [-0.05, 0) is 18.5 Å². The molecule has 6 nitrogen and oxygen atoms in total. The van der Waals surface area contributed by atoms with Crippen LogP contribution in [0.2, 0.25) is 0 Å². The highest BCUT2D eigenvalue weighted by Gasteiger charge is 2.14. The summed E-state index contributed by atoms with van der Waals surface area (Å²) in [5, 5.41) is 0.347. The van der Waals surface area contributed by atoms with Crippen LogP contribution >= 0.6 is 23.3 Å². The standard InChI is InChI=1S/C8H7N3O3S2/c1-2-13-6(12)5-3-14-7(11-5)15-8-9-4-10-16-8/h3-4H,2H2,1H3. The maximum Gasteiger partial charge on any atom is 0.360 e. The smallest absolute Gasteiger partial charge is 0.360 e. The van der Waals surface area contributed by atoms with E-state index in [1.165, 1.54) is 35.9 Å². The number of oxazole rings is 1. The third-order valence-electron chi connectivity index (χ3n) is 1.48. The normalized spacial score (nSPS) is 10.3. The fourth-order valence-electron chi connectivity index (χ4n) is 0.886. The molecular formula is C8H7N3O3S2. The van der Waals surface area contributed by atoms with Crippen LogP contribution in [-0.2, 0) is 4.74 Å². The lowest BCUT2D eigenvalue weighted by molar-refractivity contribution is 0.0519. The molecule has 0 aliphatic rings. The van der Waals surface area contributed by atoms with Crippen LogP contribution in [0.15, 0.2) is 26.6 Å². The molecule has 0 unspecified atom stereocenters. The van der Waals surface area contributed by atoms with Crippen LogP contribution in [0.3, 0.4) is 0 Å². The number of hydrogen-bond donors (Lipinski definition) is 0. The molecule has 2 rings (SSSR count). The molecule has 0 atom stereocenters. The summed E-state index contributed by atoms with van der Waals surface area (Å²) >= 11 is 2.44. The third kappa shape index (κ3) is 2.58. The van der Waals surface area contributed by atoms with Crippen molar-refractivity contribution in [2.24, 2.45) is 0 Å². The van der Waals surface area contributed by atoms with Gasteiger partial charge in [0.2, 0.25) is 0 Å². The summed E-state index contributed by atoms with van der Waals surface area (Å²) in [5.41, 5.74) is 0.161. The highest BCUT2D eigenvalue weighted by Crippen LogP contribution is 2.27. The summed E-state index contributed by atoms with van der Waals surface area (Å²) in [7, 11) is 0. The van der Waals surface area contributed by atoms with E-state index >= 15 is 0 Å². The van der Waals surface area contributed by atoms with Crippen molar-refractivity contribution in [1.82, 2.24) is 14.3 Å². The molecule has 2 aromatic heterocycles. The molecule has 0 aliphatic heterocycles. The quantitative estimate of drug-likeness (QED) is 0.773. The van der Waals surface area contributed by atoms with Crippen LogP contribution in [0.25, 0.3) is 0 Å². The summed E-state index contributed by atoms with van der Waals surface area (Å²) in [4.78, 5) is 19.2. The van der Waals surface area contributed by atoms with Crippen LogP contribution in [0.5, 0.6) is 0 Å². The van der Waals surface area contributed by atoms with E-state index < -0.39 is 5.97 Å². The first-order valence-electron chi connectivity index (χ1n) is 4.36. The van der Waals surface area contributed by atoms with Gasteiger partial charge in [0.25, 0.3) is 5.22 Å². The Balaban J connectivity index is 2.05. The molecule has 0 saturated carbocycles. The second kappa shape index (κ2) is 5.08. The molecule has 2 aromatic rings. The van der Waals surface area contributed by atoms with Gasteiger partial charge < -0.3 is 9.15 Å². The Labute approximate surface area is 99.2 Å². The summed E-state index contributed by atoms with van der Waals surface area (Å²) in [5.74, 6) is -0.490. The minimum Gasteiger partial charge on any atom is -0.461 e. The lowest BCUT2D eigenvalue weighted by atomic mass is 10.5. The van der Waals surface area contributed by atoms with Crippen molar-refractivity contribution < 1.29 is 13.9 Å². The Hall–Kier alpha value is -1.41. The number of nitrogens with zero attached hydrogens (tertiary/aromatic N) is 3. The average molecular weight is 257 g/mol. The number of esters is 1. The summed E-state index contributed by atoms with van der Waals surface area (Å²) in [6.07, 6.45) is 2.71. The van der Waals surface area contributed by atoms with Gasteiger partial charge in [-0.2, -0.15) is 9.36 Å². The monoisotopic (exact) mass is 257 g/mol. The second-order valence-electron chi connectivity index (χ2n) is 2.53. The molecule has 0 spiro atoms. The highest BCUT2D eigenvalue weighted by molar-refractivity contribution is 8.00. The molecule has 16 heavy (non-hydrogen) atoms. The zero-order valence-electron chi connectivity index (χ0n) is 8.24. The van der Waals surface area contributed by atoms with Gasteiger partial charge in [-0.3, -0.25) is 0 Å². The molecule has 84 valence electrons. The molecule has 2 heterocycles. The molecule has 0 bridgehead atoms. The van der Waals surface area contributed by atoms with Gasteiger partial charge in [0.1, 0.15) is 12.6 Å². The lowest BCUT2D eigenvalue weighted by Crippen LogP contribution is -2.04. The fourth-order valence-corrected chi connectivity index (χ4v) is 2.15. The van der Waals surface area contributed by atoms with E-state index in [2.05, 4.69) is 14.3 Å². The Morgan fingerprint density at radius 3 is 3.25 bits per heavy atom. The van der Waals surface area contributed by atoms with Crippen molar-refractivity contribution >= 4 is 29.3 Å². The molecule has 0 aromatic carbocycles. The molecule has 0 amide bonds. The first-order chi connectivity index (χ1) is 7.79. The molecule has 0 aliphatic carbocycles. The molecular weight excluding hydrogens is 250 g/mol. The number of ether oxygens (including phenoxy) is 1. The second-order valence-corrected chi connectivity index (χ2v) is 4.51. The molecule has 0 N–H and O–H groups in total. The zero-order valence-corrected chi connectivity index (χ0v) is 9.88. The van der Waals surface area contributed by atoms with E-state index in [-0.39, 0.29) is 5.69 Å². The largest absolute Gasteiger partial charge is 0.461 e. The summed E-state index contributed by atoms with van der Waals surface area (Å²) in [6, 6.07) is 0. The maximum atomic E-state index is 11.3. The molecule has 0 radical (unpaired) electrons. The van der Waals surface area contributed by atoms with Gasteiger partial charge in [0.15, 0.2) is 10.0 Å². The predicted molar refractivity (Wildman–Crippen MR) is 56.5 cm³/mol. The van der Waals surface area contributed by atoms with Gasteiger partial charge in [0.05, 0.1) is 6.61 Å². The Morgan fingerprint density at radius 1 is 1.69 bits per heavy atom. The van der Waals surface area contributed by atoms with Gasteiger partial charge in [-0.25, -0.2) is 9.78 Å². The van der Waals surface area contributed by atoms with E-state index in [9.17, 15) is 4.79 Å². The number of carbonyl (C=O) groups excluding carboxylic acids is 1. The van der Waals surface area contributed by atoms with Crippen LogP contribution in [0, 0.1) is 0 Å². The Bertz CT molecular complexity index is 469. The molecule has 0 saturated heterocycles. The van der Waals surface area contributed by atoms with Gasteiger partial charge in [-0.15, -0.1) is 0 Å². The van der Waals surface area contributed by atoms with Crippen LogP contribution < -0.4 is 0 Å². The van der Waals surface area contributed by atoms with Crippen LogP contribution in [0.4, 0.5) is 0 Å². The van der Waals surface area contributed by atoms with E-state index in [1.807, 2.05) is 0 Å². The van der Waals surface area contributed by atoms with Crippen LogP contribution in [0.1, 0.15) is 17.4 Å². The molecule has 0 fully saturated rings. The minimum absolute atomic E-state index is 0.161. The lowest BCUT2D eigenvalue weighted by Gasteiger charge is -1.94. The van der Waals surface area contributed by atoms with Gasteiger partial charge in [0, 0.05) is 11.8 Å².